The van der Waals surface area contributed by atoms with E-state index in [2.05, 4.69) is 37.4 Å². The van der Waals surface area contributed by atoms with Crippen molar-refractivity contribution in [1.29, 1.82) is 0 Å². The van der Waals surface area contributed by atoms with Crippen LogP contribution < -0.4 is 10.2 Å². The van der Waals surface area contributed by atoms with Crippen LogP contribution >= 0.6 is 7.82 Å². The van der Waals surface area contributed by atoms with Gasteiger partial charge in [0.15, 0.2) is 0 Å². The highest BCUT2D eigenvalue weighted by Gasteiger charge is 2.23. The molecule has 10 heteroatoms. The van der Waals surface area contributed by atoms with E-state index in [1.807, 2.05) is 45.4 Å². The average Bonchev–Trinajstić information content (AvgIpc) is 3.08. The topological polar surface area (TPSA) is 128 Å². The van der Waals surface area contributed by atoms with E-state index in [-0.39, 0.29) is 18.9 Å². The second kappa shape index (κ2) is 33.9. The van der Waals surface area contributed by atoms with Crippen LogP contribution in [0, 0.1) is 0 Å². The summed E-state index contributed by atoms with van der Waals surface area (Å²) in [5, 5.41) is 23.9. The van der Waals surface area contributed by atoms with Crippen LogP contribution in [0.25, 0.3) is 0 Å². The summed E-state index contributed by atoms with van der Waals surface area (Å²) in [6.45, 7) is 4.40. The molecule has 0 spiro atoms. The van der Waals surface area contributed by atoms with Gasteiger partial charge < -0.3 is 34.0 Å². The molecule has 9 nitrogen and oxygen atoms in total. The molecule has 3 N–H and O–H groups in total. The number of quaternary nitrogens is 1. The summed E-state index contributed by atoms with van der Waals surface area (Å²) >= 11 is 0. The van der Waals surface area contributed by atoms with E-state index in [4.69, 9.17) is 9.05 Å². The molecule has 0 saturated heterocycles. The first kappa shape index (κ1) is 50.4. The number of aliphatic hydroxyl groups excluding tert-OH is 2. The summed E-state index contributed by atoms with van der Waals surface area (Å²) in [5.74, 6) is -0.257. The Morgan fingerprint density at radius 2 is 1.35 bits per heavy atom. The molecule has 4 atom stereocenters. The minimum Gasteiger partial charge on any atom is -0.756 e. The van der Waals surface area contributed by atoms with E-state index in [0.29, 0.717) is 23.9 Å². The van der Waals surface area contributed by atoms with Gasteiger partial charge >= 0.3 is 0 Å². The van der Waals surface area contributed by atoms with Crippen molar-refractivity contribution in [3.63, 3.8) is 0 Å². The Hall–Kier alpha value is -1.58. The molecule has 0 saturated carbocycles. The smallest absolute Gasteiger partial charge is 0.268 e. The maximum atomic E-state index is 12.8. The van der Waals surface area contributed by atoms with Crippen molar-refractivity contribution in [2.24, 2.45) is 0 Å². The fraction of sp³-hybridized carbons (Fsp3) is 0.786. The molecule has 0 fully saturated rings. The molecule has 0 aliphatic carbocycles. The van der Waals surface area contributed by atoms with Crippen LogP contribution in [0.3, 0.4) is 0 Å². The lowest BCUT2D eigenvalue weighted by Gasteiger charge is -2.29. The highest BCUT2D eigenvalue weighted by atomic mass is 31.2. The van der Waals surface area contributed by atoms with Gasteiger partial charge in [-0.05, 0) is 38.5 Å². The number of aliphatic hydroxyl groups is 2. The Balaban J connectivity index is 4.60. The number of allylic oxidation sites excluding steroid dienone is 6. The number of nitrogens with one attached hydrogen (secondary N) is 1. The number of rotatable bonds is 36. The van der Waals surface area contributed by atoms with Crippen molar-refractivity contribution < 1.29 is 38.0 Å². The zero-order valence-corrected chi connectivity index (χ0v) is 34.8. The average molecular weight is 755 g/mol. The number of phosphoric acid groups is 1. The predicted octanol–water partition coefficient (Wildman–Crippen LogP) is 9.25. The first-order valence-electron chi connectivity index (χ1n) is 20.6. The molecule has 0 aliphatic rings. The molecule has 0 rings (SSSR count). The third-order valence-electron chi connectivity index (χ3n) is 8.90. The molecule has 0 radical (unpaired) electrons. The number of nitrogens with zero attached hydrogens (tertiary/aromatic N) is 1. The van der Waals surface area contributed by atoms with Crippen LogP contribution in [0.2, 0.25) is 0 Å². The molecule has 52 heavy (non-hydrogen) atoms. The van der Waals surface area contributed by atoms with E-state index in [0.717, 1.165) is 57.8 Å². The van der Waals surface area contributed by atoms with Crippen LogP contribution in [0.5, 0.6) is 0 Å². The van der Waals surface area contributed by atoms with E-state index in [1.165, 1.54) is 64.2 Å². The van der Waals surface area contributed by atoms with Crippen molar-refractivity contribution in [3.8, 4) is 0 Å². The molecule has 0 heterocycles. The Morgan fingerprint density at radius 1 is 0.750 bits per heavy atom. The number of carbonyl (C=O) groups excluding carboxylic acids is 1. The standard InChI is InChI=1S/C42H79N2O7P/c1-6-8-10-12-14-15-16-17-18-19-20-22-26-30-34-41(46)40(38-51-52(48,49)50-37-36-44(3,4)5)43-42(47)35-31-27-23-25-29-33-39(45)32-28-24-21-13-11-9-7-2/h9,11,21,24,28,30,32,34,39-41,45-46H,6-8,10,12-20,22-23,25-27,29,31,33,35-38H2,1-5H3,(H-,43,47,48,49)/b11-9+,24-21+,32-28+,34-30+/t39?,40-,41+/m0/s1. The lowest BCUT2D eigenvalue weighted by atomic mass is 10.0. The first-order valence-corrected chi connectivity index (χ1v) is 22.1. The third kappa shape index (κ3) is 35.4. The van der Waals surface area contributed by atoms with Crippen molar-refractivity contribution >= 4 is 13.7 Å². The summed E-state index contributed by atoms with van der Waals surface area (Å²) in [6.07, 6.45) is 37.4. The van der Waals surface area contributed by atoms with Gasteiger partial charge in [0.25, 0.3) is 7.82 Å². The third-order valence-corrected chi connectivity index (χ3v) is 9.86. The number of hydrogen-bond acceptors (Lipinski definition) is 7. The zero-order chi connectivity index (χ0) is 38.8. The maximum Gasteiger partial charge on any atom is 0.268 e. The molecule has 0 aromatic rings. The van der Waals surface area contributed by atoms with Gasteiger partial charge in [-0.15, -0.1) is 0 Å². The summed E-state index contributed by atoms with van der Waals surface area (Å²) in [5.41, 5.74) is 0. The summed E-state index contributed by atoms with van der Waals surface area (Å²) in [4.78, 5) is 25.2. The van der Waals surface area contributed by atoms with Crippen LogP contribution in [0.15, 0.2) is 48.6 Å². The van der Waals surface area contributed by atoms with E-state index < -0.39 is 32.7 Å². The van der Waals surface area contributed by atoms with Gasteiger partial charge in [0.2, 0.25) is 5.91 Å². The fourth-order valence-corrected chi connectivity index (χ4v) is 6.29. The van der Waals surface area contributed by atoms with E-state index in [1.54, 1.807) is 6.08 Å². The second-order valence-electron chi connectivity index (χ2n) is 15.2. The van der Waals surface area contributed by atoms with Gasteiger partial charge in [-0.1, -0.05) is 159 Å². The maximum absolute atomic E-state index is 12.8. The predicted molar refractivity (Wildman–Crippen MR) is 216 cm³/mol. The highest BCUT2D eigenvalue weighted by molar-refractivity contribution is 7.45. The molecule has 0 bridgehead atoms. The summed E-state index contributed by atoms with van der Waals surface area (Å²) < 4.78 is 23.1. The normalized spacial score (nSPS) is 15.6. The van der Waals surface area contributed by atoms with E-state index >= 15 is 0 Å². The lowest BCUT2D eigenvalue weighted by Crippen LogP contribution is -2.45. The van der Waals surface area contributed by atoms with Crippen molar-refractivity contribution in [1.82, 2.24) is 5.32 Å². The Labute approximate surface area is 319 Å². The van der Waals surface area contributed by atoms with Crippen LogP contribution in [0.4, 0.5) is 0 Å². The molecule has 2 unspecified atom stereocenters. The minimum atomic E-state index is -4.61. The molecular formula is C42H79N2O7P. The quantitative estimate of drug-likeness (QED) is 0.0191. The van der Waals surface area contributed by atoms with Crippen LogP contribution in [-0.2, 0) is 18.4 Å². The van der Waals surface area contributed by atoms with Crippen molar-refractivity contribution in [2.45, 2.75) is 173 Å². The molecule has 1 amide bonds. The monoisotopic (exact) mass is 755 g/mol. The van der Waals surface area contributed by atoms with Crippen molar-refractivity contribution in [3.05, 3.63) is 48.6 Å². The highest BCUT2D eigenvalue weighted by Crippen LogP contribution is 2.38. The Kier molecular flexibility index (Phi) is 32.9. The van der Waals surface area contributed by atoms with E-state index in [9.17, 15) is 24.5 Å². The van der Waals surface area contributed by atoms with Crippen LogP contribution in [-0.4, -0.2) is 79.8 Å². The molecule has 0 aromatic carbocycles. The number of carbonyl (C=O) groups is 1. The molecule has 304 valence electrons. The minimum absolute atomic E-state index is 0.0208. The molecule has 0 aliphatic heterocycles. The number of likely N-dealkylation sites (N-methyl/N-ethyl adjacent to an activating group) is 1. The van der Waals surface area contributed by atoms with Crippen molar-refractivity contribution in [2.75, 3.05) is 40.9 Å². The fourth-order valence-electron chi connectivity index (χ4n) is 5.57. The summed E-state index contributed by atoms with van der Waals surface area (Å²) in [6, 6.07) is -0.924. The van der Waals surface area contributed by atoms with Gasteiger partial charge in [0.1, 0.15) is 13.2 Å². The van der Waals surface area contributed by atoms with Gasteiger partial charge in [0, 0.05) is 6.42 Å². The van der Waals surface area contributed by atoms with Gasteiger partial charge in [-0.3, -0.25) is 9.36 Å². The Bertz CT molecular complexity index is 1010. The van der Waals surface area contributed by atoms with Crippen LogP contribution in [0.1, 0.15) is 155 Å². The zero-order valence-electron chi connectivity index (χ0n) is 33.9. The molecular weight excluding hydrogens is 675 g/mol. The lowest BCUT2D eigenvalue weighted by molar-refractivity contribution is -0.870. The van der Waals surface area contributed by atoms with Gasteiger partial charge in [-0.2, -0.15) is 0 Å². The second-order valence-corrected chi connectivity index (χ2v) is 16.6. The number of unbranched alkanes of at least 4 members (excludes halogenated alkanes) is 16. The molecule has 0 aromatic heterocycles. The first-order chi connectivity index (χ1) is 24.9. The Morgan fingerprint density at radius 3 is 1.96 bits per heavy atom. The summed E-state index contributed by atoms with van der Waals surface area (Å²) in [7, 11) is 1.19. The SMILES string of the molecule is CC/C=C/C/C=C/C=C/C(O)CCCCCCCC(=O)N[C@@H](COP(=O)([O-])OCC[N+](C)(C)C)[C@H](O)/C=C/CCCCCCCCCCCCCC. The van der Waals surface area contributed by atoms with Gasteiger partial charge in [-0.25, -0.2) is 0 Å². The number of phosphoric ester groups is 1. The number of hydrogen-bond donors (Lipinski definition) is 3. The largest absolute Gasteiger partial charge is 0.756 e. The number of amides is 1. The van der Waals surface area contributed by atoms with Gasteiger partial charge in [0.05, 0.1) is 46.0 Å².